The number of alkyl halides is 2. The lowest BCUT2D eigenvalue weighted by Crippen LogP contribution is -2.53. The first-order valence-electron chi connectivity index (χ1n) is 9.57. The number of guanidine groups is 1. The summed E-state index contributed by atoms with van der Waals surface area (Å²) in [5.41, 5.74) is 0.00198. The second kappa shape index (κ2) is 9.97. The third kappa shape index (κ3) is 5.29. The number of aliphatic imine (C=N–C) groups is 1. The minimum absolute atomic E-state index is 0.00198. The quantitative estimate of drug-likeness (QED) is 0.587. The van der Waals surface area contributed by atoms with Crippen LogP contribution in [-0.4, -0.2) is 62.5 Å². The molecule has 0 amide bonds. The van der Waals surface area contributed by atoms with Gasteiger partial charge in [-0.15, -0.1) is 0 Å². The van der Waals surface area contributed by atoms with E-state index in [1.165, 1.54) is 18.2 Å². The molecule has 0 radical (unpaired) electrons. The van der Waals surface area contributed by atoms with Crippen LogP contribution in [0.3, 0.4) is 0 Å². The van der Waals surface area contributed by atoms with E-state index in [9.17, 15) is 13.2 Å². The van der Waals surface area contributed by atoms with Gasteiger partial charge < -0.3 is 24.4 Å². The van der Waals surface area contributed by atoms with Gasteiger partial charge in [0.25, 0.3) is 0 Å². The van der Waals surface area contributed by atoms with E-state index in [-0.39, 0.29) is 30.1 Å². The number of nitrogens with one attached hydrogen (secondary N) is 1. The van der Waals surface area contributed by atoms with Crippen molar-refractivity contribution in [2.45, 2.75) is 45.1 Å². The molecule has 1 aromatic rings. The van der Waals surface area contributed by atoms with Gasteiger partial charge in [-0.1, -0.05) is 6.07 Å². The Morgan fingerprint density at radius 1 is 1.32 bits per heavy atom. The summed E-state index contributed by atoms with van der Waals surface area (Å²) in [4.78, 5) is 6.50. The van der Waals surface area contributed by atoms with Gasteiger partial charge in [0.1, 0.15) is 17.7 Å². The predicted octanol–water partition coefficient (Wildman–Crippen LogP) is 2.77. The first-order chi connectivity index (χ1) is 13.6. The third-order valence-corrected chi connectivity index (χ3v) is 4.79. The Bertz CT molecular complexity index is 669. The summed E-state index contributed by atoms with van der Waals surface area (Å²) in [5, 5.41) is 3.18. The van der Waals surface area contributed by atoms with Gasteiger partial charge >= 0.3 is 6.61 Å². The molecule has 1 aromatic carbocycles. The van der Waals surface area contributed by atoms with E-state index < -0.39 is 12.4 Å². The van der Waals surface area contributed by atoms with Crippen LogP contribution in [0.4, 0.5) is 13.2 Å². The molecule has 2 unspecified atom stereocenters. The fourth-order valence-corrected chi connectivity index (χ4v) is 3.47. The molecule has 0 aromatic heterocycles. The summed E-state index contributed by atoms with van der Waals surface area (Å²) >= 11 is 0. The number of ether oxygens (including phenoxy) is 3. The van der Waals surface area contributed by atoms with Crippen molar-refractivity contribution in [3.63, 3.8) is 0 Å². The Labute approximate surface area is 162 Å². The van der Waals surface area contributed by atoms with E-state index in [0.717, 1.165) is 19.4 Å². The first-order valence-corrected chi connectivity index (χ1v) is 9.57. The summed E-state index contributed by atoms with van der Waals surface area (Å²) in [6.07, 6.45) is 2.02. The molecule has 2 atom stereocenters. The average Bonchev–Trinajstić information content (AvgIpc) is 3.21. The molecule has 2 aliphatic rings. The van der Waals surface area contributed by atoms with Crippen LogP contribution in [-0.2, 0) is 16.0 Å². The Kier molecular flexibility index (Phi) is 7.38. The Morgan fingerprint density at radius 2 is 2.14 bits per heavy atom. The van der Waals surface area contributed by atoms with Crippen molar-refractivity contribution in [2.75, 3.05) is 32.8 Å². The van der Waals surface area contributed by atoms with Crippen LogP contribution in [0.1, 0.15) is 25.3 Å². The maximum Gasteiger partial charge on any atom is 0.387 e. The van der Waals surface area contributed by atoms with E-state index in [2.05, 4.69) is 15.0 Å². The Balaban J connectivity index is 1.74. The molecule has 1 N–H and O–H groups in total. The minimum atomic E-state index is -3.02. The number of nitrogens with zero attached hydrogens (tertiary/aromatic N) is 2. The normalized spacial score (nSPS) is 23.3. The van der Waals surface area contributed by atoms with Gasteiger partial charge in [-0.2, -0.15) is 8.78 Å². The van der Waals surface area contributed by atoms with Gasteiger partial charge in [0.15, 0.2) is 5.96 Å². The minimum Gasteiger partial charge on any atom is -0.434 e. The zero-order valence-electron chi connectivity index (χ0n) is 15.9. The van der Waals surface area contributed by atoms with E-state index >= 15 is 0 Å². The summed E-state index contributed by atoms with van der Waals surface area (Å²) in [5.74, 6) is -0.245. The lowest BCUT2D eigenvalue weighted by molar-refractivity contribution is -0.0817. The molecule has 9 heteroatoms. The number of rotatable bonds is 6. The van der Waals surface area contributed by atoms with Crippen LogP contribution in [0.5, 0.6) is 5.75 Å². The van der Waals surface area contributed by atoms with Crippen LogP contribution in [0.2, 0.25) is 0 Å². The molecule has 2 heterocycles. The monoisotopic (exact) mass is 401 g/mol. The third-order valence-electron chi connectivity index (χ3n) is 4.79. The zero-order chi connectivity index (χ0) is 19.9. The smallest absolute Gasteiger partial charge is 0.387 e. The number of benzene rings is 1. The van der Waals surface area contributed by atoms with Crippen molar-refractivity contribution >= 4 is 5.96 Å². The fourth-order valence-electron chi connectivity index (χ4n) is 3.47. The van der Waals surface area contributed by atoms with Gasteiger partial charge in [0.05, 0.1) is 24.8 Å². The zero-order valence-corrected chi connectivity index (χ0v) is 15.9. The van der Waals surface area contributed by atoms with Gasteiger partial charge in [0, 0.05) is 26.2 Å². The highest BCUT2D eigenvalue weighted by molar-refractivity contribution is 5.80. The van der Waals surface area contributed by atoms with Crippen molar-refractivity contribution in [3.8, 4) is 5.75 Å². The van der Waals surface area contributed by atoms with E-state index in [4.69, 9.17) is 9.47 Å². The van der Waals surface area contributed by atoms with Crippen LogP contribution < -0.4 is 10.1 Å². The molecule has 0 bridgehead atoms. The maximum absolute atomic E-state index is 14.2. The lowest BCUT2D eigenvalue weighted by atomic mass is 10.1. The number of halogens is 3. The number of hydrogen-bond acceptors (Lipinski definition) is 4. The fraction of sp³-hybridized carbons (Fsp3) is 0.632. The van der Waals surface area contributed by atoms with E-state index in [0.29, 0.717) is 32.2 Å². The topological polar surface area (TPSA) is 55.3 Å². The van der Waals surface area contributed by atoms with Crippen LogP contribution >= 0.6 is 0 Å². The van der Waals surface area contributed by atoms with Gasteiger partial charge in [-0.25, -0.2) is 9.38 Å². The second-order valence-electron chi connectivity index (χ2n) is 6.67. The molecule has 0 spiro atoms. The maximum atomic E-state index is 14.2. The molecule has 156 valence electrons. The van der Waals surface area contributed by atoms with Crippen LogP contribution in [0, 0.1) is 5.82 Å². The largest absolute Gasteiger partial charge is 0.434 e. The average molecular weight is 401 g/mol. The summed E-state index contributed by atoms with van der Waals surface area (Å²) < 4.78 is 55.4. The second-order valence-corrected chi connectivity index (χ2v) is 6.67. The Morgan fingerprint density at radius 3 is 2.86 bits per heavy atom. The highest BCUT2D eigenvalue weighted by Gasteiger charge is 2.32. The first kappa shape index (κ1) is 20.7. The predicted molar refractivity (Wildman–Crippen MR) is 98.1 cm³/mol. The number of morpholine rings is 1. The molecular formula is C19H26F3N3O3. The molecule has 2 saturated heterocycles. The standard InChI is InChI=1S/C19H26F3N3O3/c1-2-23-19(25-8-10-27-17(12-25)16-7-4-9-26-16)24-11-13-14(20)5-3-6-15(13)28-18(21)22/h3,5-6,16-18H,2,4,7-12H2,1H3,(H,23,24). The van der Waals surface area contributed by atoms with Crippen molar-refractivity contribution in [3.05, 3.63) is 29.6 Å². The van der Waals surface area contributed by atoms with Gasteiger partial charge in [0.2, 0.25) is 0 Å². The van der Waals surface area contributed by atoms with Crippen molar-refractivity contribution < 1.29 is 27.4 Å². The summed E-state index contributed by atoms with van der Waals surface area (Å²) in [6, 6.07) is 3.85. The highest BCUT2D eigenvalue weighted by atomic mass is 19.3. The van der Waals surface area contributed by atoms with Crippen molar-refractivity contribution in [2.24, 2.45) is 4.99 Å². The summed E-state index contributed by atoms with van der Waals surface area (Å²) in [6.45, 7) is 1.94. The van der Waals surface area contributed by atoms with Crippen LogP contribution in [0.25, 0.3) is 0 Å². The molecule has 2 aliphatic heterocycles. The van der Waals surface area contributed by atoms with Crippen molar-refractivity contribution in [1.29, 1.82) is 0 Å². The van der Waals surface area contributed by atoms with Crippen LogP contribution in [0.15, 0.2) is 23.2 Å². The molecule has 2 fully saturated rings. The van der Waals surface area contributed by atoms with Crippen molar-refractivity contribution in [1.82, 2.24) is 10.2 Å². The molecule has 0 saturated carbocycles. The Hall–Kier alpha value is -2.00. The van der Waals surface area contributed by atoms with Gasteiger partial charge in [-0.3, -0.25) is 0 Å². The molecule has 28 heavy (non-hydrogen) atoms. The molecule has 6 nitrogen and oxygen atoms in total. The SMILES string of the molecule is CCNC(=NCc1c(F)cccc1OC(F)F)N1CCOC(C2CCCO2)C1. The molecular weight excluding hydrogens is 375 g/mol. The lowest BCUT2D eigenvalue weighted by Gasteiger charge is -2.37. The summed E-state index contributed by atoms with van der Waals surface area (Å²) in [7, 11) is 0. The van der Waals surface area contributed by atoms with E-state index in [1.54, 1.807) is 0 Å². The molecule has 3 rings (SSSR count). The van der Waals surface area contributed by atoms with Gasteiger partial charge in [-0.05, 0) is 31.9 Å². The highest BCUT2D eigenvalue weighted by Crippen LogP contribution is 2.25. The van der Waals surface area contributed by atoms with E-state index in [1.807, 2.05) is 11.8 Å². The molecule has 0 aliphatic carbocycles. The number of hydrogen-bond donors (Lipinski definition) is 1.